The molecular formula is C20H20N4O4. The molecule has 8 nitrogen and oxygen atoms in total. The van der Waals surface area contributed by atoms with Gasteiger partial charge < -0.3 is 15.8 Å². The lowest BCUT2D eigenvalue weighted by Gasteiger charge is -2.17. The molecule has 0 saturated carbocycles. The molecule has 1 atom stereocenters. The van der Waals surface area contributed by atoms with E-state index in [0.29, 0.717) is 11.3 Å². The SMILES string of the molecule is Cc1ccc2nc(COC(=O)C[C@H](NC(N)=O)c3ccccc3)cc(=O)n2c1. The number of pyridine rings is 1. The van der Waals surface area contributed by atoms with Gasteiger partial charge >= 0.3 is 12.0 Å². The summed E-state index contributed by atoms with van der Waals surface area (Å²) in [4.78, 5) is 40.0. The van der Waals surface area contributed by atoms with Crippen molar-refractivity contribution in [3.8, 4) is 0 Å². The summed E-state index contributed by atoms with van der Waals surface area (Å²) >= 11 is 0. The minimum absolute atomic E-state index is 0.0985. The Labute approximate surface area is 161 Å². The van der Waals surface area contributed by atoms with Gasteiger partial charge in [-0.2, -0.15) is 0 Å². The number of hydrogen-bond donors (Lipinski definition) is 2. The highest BCUT2D eigenvalue weighted by molar-refractivity contribution is 5.75. The zero-order valence-electron chi connectivity index (χ0n) is 15.3. The van der Waals surface area contributed by atoms with E-state index in [9.17, 15) is 14.4 Å². The van der Waals surface area contributed by atoms with Crippen LogP contribution in [0.5, 0.6) is 0 Å². The van der Waals surface area contributed by atoms with E-state index in [1.165, 1.54) is 10.5 Å². The van der Waals surface area contributed by atoms with Crippen molar-refractivity contribution in [2.45, 2.75) is 26.0 Å². The Morgan fingerprint density at radius 1 is 1.21 bits per heavy atom. The van der Waals surface area contributed by atoms with Gasteiger partial charge in [-0.05, 0) is 24.1 Å². The standard InChI is InChI=1S/C20H20N4O4/c1-13-7-8-17-22-15(9-18(25)24(17)11-13)12-28-19(26)10-16(23-20(21)27)14-5-3-2-4-6-14/h2-9,11,16H,10,12H2,1H3,(H3,21,23,27)/t16-/m0/s1. The number of nitrogens with zero attached hydrogens (tertiary/aromatic N) is 2. The van der Waals surface area contributed by atoms with Crippen LogP contribution in [0, 0.1) is 6.92 Å². The minimum Gasteiger partial charge on any atom is -0.459 e. The van der Waals surface area contributed by atoms with Gasteiger partial charge in [0, 0.05) is 12.3 Å². The number of rotatable bonds is 6. The fraction of sp³-hybridized carbons (Fsp3) is 0.200. The second-order valence-corrected chi connectivity index (χ2v) is 6.36. The molecule has 0 spiro atoms. The number of aryl methyl sites for hydroxylation is 1. The molecule has 0 aliphatic heterocycles. The van der Waals surface area contributed by atoms with E-state index in [2.05, 4.69) is 10.3 Å². The number of carbonyl (C=O) groups is 2. The predicted molar refractivity (Wildman–Crippen MR) is 103 cm³/mol. The number of ether oxygens (including phenoxy) is 1. The Hall–Kier alpha value is -3.68. The molecule has 28 heavy (non-hydrogen) atoms. The number of amides is 2. The second kappa shape index (κ2) is 8.34. The van der Waals surface area contributed by atoms with Crippen LogP contribution in [0.1, 0.15) is 29.3 Å². The molecule has 144 valence electrons. The molecule has 8 heteroatoms. The average molecular weight is 380 g/mol. The van der Waals surface area contributed by atoms with Crippen molar-refractivity contribution in [2.75, 3.05) is 0 Å². The third-order valence-corrected chi connectivity index (χ3v) is 4.13. The molecule has 0 radical (unpaired) electrons. The summed E-state index contributed by atoms with van der Waals surface area (Å²) in [7, 11) is 0. The highest BCUT2D eigenvalue weighted by atomic mass is 16.5. The van der Waals surface area contributed by atoms with Gasteiger partial charge in [-0.1, -0.05) is 36.4 Å². The van der Waals surface area contributed by atoms with Gasteiger partial charge in [-0.25, -0.2) is 9.78 Å². The number of esters is 1. The van der Waals surface area contributed by atoms with E-state index in [-0.39, 0.29) is 18.6 Å². The van der Waals surface area contributed by atoms with Crippen molar-refractivity contribution in [3.05, 3.63) is 81.9 Å². The van der Waals surface area contributed by atoms with Crippen molar-refractivity contribution in [1.29, 1.82) is 0 Å². The molecule has 3 rings (SSSR count). The van der Waals surface area contributed by atoms with Crippen molar-refractivity contribution >= 4 is 17.6 Å². The number of primary amides is 1. The zero-order valence-corrected chi connectivity index (χ0v) is 15.3. The Morgan fingerprint density at radius 2 is 1.96 bits per heavy atom. The molecule has 1 aromatic carbocycles. The lowest BCUT2D eigenvalue weighted by molar-refractivity contribution is -0.145. The van der Waals surface area contributed by atoms with Crippen LogP contribution < -0.4 is 16.6 Å². The molecule has 0 unspecified atom stereocenters. The fourth-order valence-corrected chi connectivity index (χ4v) is 2.82. The number of fused-ring (bicyclic) bond motifs is 1. The molecule has 3 aromatic rings. The highest BCUT2D eigenvalue weighted by Gasteiger charge is 2.18. The first-order valence-electron chi connectivity index (χ1n) is 8.68. The van der Waals surface area contributed by atoms with Crippen molar-refractivity contribution in [3.63, 3.8) is 0 Å². The number of hydrogen-bond acceptors (Lipinski definition) is 5. The van der Waals surface area contributed by atoms with Gasteiger partial charge in [-0.15, -0.1) is 0 Å². The van der Waals surface area contributed by atoms with Crippen molar-refractivity contribution in [1.82, 2.24) is 14.7 Å². The summed E-state index contributed by atoms with van der Waals surface area (Å²) < 4.78 is 6.68. The van der Waals surface area contributed by atoms with Crippen LogP contribution in [-0.4, -0.2) is 21.4 Å². The van der Waals surface area contributed by atoms with E-state index >= 15 is 0 Å². The first kappa shape index (κ1) is 19.1. The van der Waals surface area contributed by atoms with E-state index in [1.54, 1.807) is 36.5 Å². The van der Waals surface area contributed by atoms with Crippen molar-refractivity contribution in [2.24, 2.45) is 5.73 Å². The molecule has 0 fully saturated rings. The summed E-state index contributed by atoms with van der Waals surface area (Å²) in [5.74, 6) is -0.548. The smallest absolute Gasteiger partial charge is 0.312 e. The first-order chi connectivity index (χ1) is 13.4. The van der Waals surface area contributed by atoms with Gasteiger partial charge in [-0.3, -0.25) is 14.0 Å². The largest absolute Gasteiger partial charge is 0.459 e. The number of carbonyl (C=O) groups excluding carboxylic acids is 2. The maximum Gasteiger partial charge on any atom is 0.312 e. The van der Waals surface area contributed by atoms with E-state index in [4.69, 9.17) is 10.5 Å². The molecule has 0 aliphatic carbocycles. The molecule has 2 heterocycles. The third kappa shape index (κ3) is 4.73. The molecular weight excluding hydrogens is 360 g/mol. The topological polar surface area (TPSA) is 116 Å². The molecule has 2 aromatic heterocycles. The van der Waals surface area contributed by atoms with Crippen molar-refractivity contribution < 1.29 is 14.3 Å². The van der Waals surface area contributed by atoms with E-state index in [1.807, 2.05) is 19.1 Å². The number of nitrogens with one attached hydrogen (secondary N) is 1. The fourth-order valence-electron chi connectivity index (χ4n) is 2.82. The number of aromatic nitrogens is 2. The molecule has 2 amide bonds. The summed E-state index contributed by atoms with van der Waals surface area (Å²) in [6, 6.07) is 12.5. The maximum absolute atomic E-state index is 12.2. The van der Waals surface area contributed by atoms with Gasteiger partial charge in [0.05, 0.1) is 18.2 Å². The molecule has 0 bridgehead atoms. The highest BCUT2D eigenvalue weighted by Crippen LogP contribution is 2.17. The normalized spacial score (nSPS) is 11.8. The lowest BCUT2D eigenvalue weighted by Crippen LogP contribution is -2.34. The van der Waals surface area contributed by atoms with Crippen LogP contribution in [0.3, 0.4) is 0 Å². The van der Waals surface area contributed by atoms with Crippen LogP contribution in [0.2, 0.25) is 0 Å². The number of urea groups is 1. The van der Waals surface area contributed by atoms with Gasteiger partial charge in [0.25, 0.3) is 5.56 Å². The summed E-state index contributed by atoms with van der Waals surface area (Å²) in [5.41, 5.74) is 7.44. The minimum atomic E-state index is -0.735. The predicted octanol–water partition coefficient (Wildman–Crippen LogP) is 1.85. The molecule has 0 saturated heterocycles. The van der Waals surface area contributed by atoms with Crippen LogP contribution in [0.25, 0.3) is 5.65 Å². The molecule has 3 N–H and O–H groups in total. The number of benzene rings is 1. The van der Waals surface area contributed by atoms with Gasteiger partial charge in [0.2, 0.25) is 0 Å². The Kier molecular flexibility index (Phi) is 5.69. The Balaban J connectivity index is 1.69. The summed E-state index contributed by atoms with van der Waals surface area (Å²) in [6.45, 7) is 1.74. The zero-order chi connectivity index (χ0) is 20.1. The first-order valence-corrected chi connectivity index (χ1v) is 8.68. The molecule has 0 aliphatic rings. The Morgan fingerprint density at radius 3 is 2.68 bits per heavy atom. The van der Waals surface area contributed by atoms with E-state index in [0.717, 1.165) is 11.1 Å². The summed E-state index contributed by atoms with van der Waals surface area (Å²) in [5, 5.41) is 2.53. The van der Waals surface area contributed by atoms with Crippen LogP contribution in [0.4, 0.5) is 4.79 Å². The van der Waals surface area contributed by atoms with Gasteiger partial charge in [0.1, 0.15) is 12.3 Å². The average Bonchev–Trinajstić information content (AvgIpc) is 2.67. The van der Waals surface area contributed by atoms with Crippen LogP contribution in [0.15, 0.2) is 59.5 Å². The number of nitrogens with two attached hydrogens (primary N) is 1. The quantitative estimate of drug-likeness (QED) is 0.633. The monoisotopic (exact) mass is 380 g/mol. The second-order valence-electron chi connectivity index (χ2n) is 6.36. The van der Waals surface area contributed by atoms with Crippen LogP contribution in [-0.2, 0) is 16.1 Å². The summed E-state index contributed by atoms with van der Waals surface area (Å²) in [6.07, 6.45) is 1.60. The van der Waals surface area contributed by atoms with Crippen LogP contribution >= 0.6 is 0 Å². The lowest BCUT2D eigenvalue weighted by atomic mass is 10.0. The third-order valence-electron chi connectivity index (χ3n) is 4.13. The maximum atomic E-state index is 12.2. The van der Waals surface area contributed by atoms with Gasteiger partial charge in [0.15, 0.2) is 0 Å². The van der Waals surface area contributed by atoms with E-state index < -0.39 is 18.0 Å². The Bertz CT molecular complexity index is 1060.